The molecule has 0 aliphatic carbocycles. The smallest absolute Gasteiger partial charge is 0.159 e. The zero-order chi connectivity index (χ0) is 13.2. The van der Waals surface area contributed by atoms with Crippen LogP contribution in [-0.2, 0) is 11.2 Å². The van der Waals surface area contributed by atoms with Gasteiger partial charge < -0.3 is 4.74 Å². The van der Waals surface area contributed by atoms with E-state index in [2.05, 4.69) is 6.92 Å². The maximum atomic E-state index is 11.1. The quantitative estimate of drug-likeness (QED) is 0.487. The number of aryl methyl sites for hydroxylation is 1. The number of hydrogen-bond donors (Lipinski definition) is 0. The van der Waals surface area contributed by atoms with Gasteiger partial charge in [-0.1, -0.05) is 44.0 Å². The number of carbonyl (C=O) groups is 1. The van der Waals surface area contributed by atoms with E-state index in [1.807, 2.05) is 24.3 Å². The lowest BCUT2D eigenvalue weighted by molar-refractivity contribution is 0.101. The summed E-state index contributed by atoms with van der Waals surface area (Å²) in [4.78, 5) is 11.1. The van der Waals surface area contributed by atoms with Crippen molar-refractivity contribution in [2.75, 3.05) is 13.2 Å². The Morgan fingerprint density at radius 1 is 1.06 bits per heavy atom. The van der Waals surface area contributed by atoms with Crippen LogP contribution in [0.4, 0.5) is 0 Å². The predicted molar refractivity (Wildman–Crippen MR) is 75.1 cm³/mol. The Labute approximate surface area is 110 Å². The molecule has 0 radical (unpaired) electrons. The second-order valence-electron chi connectivity index (χ2n) is 4.68. The fourth-order valence-electron chi connectivity index (χ4n) is 1.84. The summed E-state index contributed by atoms with van der Waals surface area (Å²) in [5.74, 6) is 0.126. The van der Waals surface area contributed by atoms with Gasteiger partial charge >= 0.3 is 0 Å². The summed E-state index contributed by atoms with van der Waals surface area (Å²) >= 11 is 0. The van der Waals surface area contributed by atoms with Gasteiger partial charge in [0.25, 0.3) is 0 Å². The van der Waals surface area contributed by atoms with Gasteiger partial charge in [0.05, 0.1) is 0 Å². The third kappa shape index (κ3) is 5.97. The first-order valence-electron chi connectivity index (χ1n) is 6.91. The second-order valence-corrected chi connectivity index (χ2v) is 4.68. The van der Waals surface area contributed by atoms with Crippen LogP contribution in [0.15, 0.2) is 24.3 Å². The van der Waals surface area contributed by atoms with Gasteiger partial charge in [0.1, 0.15) is 0 Å². The minimum absolute atomic E-state index is 0.126. The highest BCUT2D eigenvalue weighted by molar-refractivity contribution is 5.93. The number of ether oxygens (including phenoxy) is 1. The van der Waals surface area contributed by atoms with E-state index in [0.717, 1.165) is 31.6 Å². The summed E-state index contributed by atoms with van der Waals surface area (Å²) in [6.07, 6.45) is 5.74. The van der Waals surface area contributed by atoms with E-state index >= 15 is 0 Å². The normalized spacial score (nSPS) is 10.6. The molecule has 100 valence electrons. The number of rotatable bonds is 9. The van der Waals surface area contributed by atoms with E-state index in [0.29, 0.717) is 0 Å². The van der Waals surface area contributed by atoms with Crippen molar-refractivity contribution in [1.29, 1.82) is 0 Å². The summed E-state index contributed by atoms with van der Waals surface area (Å²) < 4.78 is 5.57. The first-order chi connectivity index (χ1) is 8.74. The molecule has 0 unspecified atom stereocenters. The van der Waals surface area contributed by atoms with Crippen LogP contribution in [0.25, 0.3) is 0 Å². The fourth-order valence-corrected chi connectivity index (χ4v) is 1.84. The van der Waals surface area contributed by atoms with Crippen molar-refractivity contribution < 1.29 is 9.53 Å². The van der Waals surface area contributed by atoms with Crippen molar-refractivity contribution in [1.82, 2.24) is 0 Å². The van der Waals surface area contributed by atoms with Crippen LogP contribution in [0, 0.1) is 0 Å². The Bertz CT molecular complexity index is 341. The van der Waals surface area contributed by atoms with Crippen molar-refractivity contribution in [3.8, 4) is 0 Å². The molecule has 1 aromatic rings. The van der Waals surface area contributed by atoms with E-state index < -0.39 is 0 Å². The zero-order valence-electron chi connectivity index (χ0n) is 11.6. The molecule has 0 saturated heterocycles. The van der Waals surface area contributed by atoms with Crippen molar-refractivity contribution in [2.45, 2.75) is 46.0 Å². The molecule has 1 rings (SSSR count). The number of hydrogen-bond acceptors (Lipinski definition) is 2. The van der Waals surface area contributed by atoms with Gasteiger partial charge in [-0.25, -0.2) is 0 Å². The van der Waals surface area contributed by atoms with E-state index in [9.17, 15) is 4.79 Å². The average Bonchev–Trinajstić information content (AvgIpc) is 2.38. The number of ketones is 1. The van der Waals surface area contributed by atoms with Gasteiger partial charge in [0, 0.05) is 18.8 Å². The Hall–Kier alpha value is -1.15. The number of Topliss-reactive ketones (excluding diaryl/α,β-unsaturated/α-hetero) is 1. The largest absolute Gasteiger partial charge is 0.381 e. The van der Waals surface area contributed by atoms with E-state index in [1.54, 1.807) is 6.92 Å². The van der Waals surface area contributed by atoms with Gasteiger partial charge in [-0.3, -0.25) is 4.79 Å². The van der Waals surface area contributed by atoms with Crippen LogP contribution in [0.3, 0.4) is 0 Å². The molecule has 0 N–H and O–H groups in total. The van der Waals surface area contributed by atoms with Gasteiger partial charge in [0.15, 0.2) is 5.78 Å². The molecule has 0 aliphatic rings. The molecule has 2 nitrogen and oxygen atoms in total. The standard InChI is InChI=1S/C16H24O2/c1-3-4-5-12-18-13-6-7-15-8-10-16(11-9-15)14(2)17/h8-11H,3-7,12-13H2,1-2H3. The Balaban J connectivity index is 2.14. The molecule has 0 bridgehead atoms. The predicted octanol–water partition coefficient (Wildman–Crippen LogP) is 4.03. The van der Waals surface area contributed by atoms with Gasteiger partial charge in [-0.15, -0.1) is 0 Å². The lowest BCUT2D eigenvalue weighted by Crippen LogP contribution is -1.99. The Kier molecular flexibility index (Phi) is 7.35. The minimum atomic E-state index is 0.126. The molecule has 0 atom stereocenters. The van der Waals surface area contributed by atoms with Gasteiger partial charge in [0.2, 0.25) is 0 Å². The maximum Gasteiger partial charge on any atom is 0.159 e. The Morgan fingerprint density at radius 3 is 2.33 bits per heavy atom. The monoisotopic (exact) mass is 248 g/mol. The topological polar surface area (TPSA) is 26.3 Å². The molecule has 0 saturated carbocycles. The van der Waals surface area contributed by atoms with Gasteiger partial charge in [-0.05, 0) is 31.7 Å². The fraction of sp³-hybridized carbons (Fsp3) is 0.562. The molecule has 0 spiro atoms. The molecule has 1 aromatic carbocycles. The molecule has 0 aromatic heterocycles. The van der Waals surface area contributed by atoms with Crippen LogP contribution in [0.1, 0.15) is 55.5 Å². The third-order valence-electron chi connectivity index (χ3n) is 3.01. The van der Waals surface area contributed by atoms with Crippen LogP contribution >= 0.6 is 0 Å². The van der Waals surface area contributed by atoms with Crippen molar-refractivity contribution in [2.24, 2.45) is 0 Å². The van der Waals surface area contributed by atoms with Crippen LogP contribution in [0.5, 0.6) is 0 Å². The van der Waals surface area contributed by atoms with Crippen molar-refractivity contribution in [3.05, 3.63) is 35.4 Å². The number of benzene rings is 1. The molecular formula is C16H24O2. The molecule has 0 amide bonds. The maximum absolute atomic E-state index is 11.1. The SMILES string of the molecule is CCCCCOCCCc1ccc(C(C)=O)cc1. The van der Waals surface area contributed by atoms with E-state index in [1.165, 1.54) is 24.8 Å². The zero-order valence-corrected chi connectivity index (χ0v) is 11.6. The first kappa shape index (κ1) is 14.9. The summed E-state index contributed by atoms with van der Waals surface area (Å²) in [5, 5.41) is 0. The van der Waals surface area contributed by atoms with Crippen LogP contribution < -0.4 is 0 Å². The van der Waals surface area contributed by atoms with Gasteiger partial charge in [-0.2, -0.15) is 0 Å². The molecule has 2 heteroatoms. The highest BCUT2D eigenvalue weighted by Crippen LogP contribution is 2.07. The summed E-state index contributed by atoms with van der Waals surface area (Å²) in [7, 11) is 0. The highest BCUT2D eigenvalue weighted by Gasteiger charge is 1.99. The number of carbonyl (C=O) groups excluding carboxylic acids is 1. The lowest BCUT2D eigenvalue weighted by atomic mass is 10.1. The first-order valence-corrected chi connectivity index (χ1v) is 6.91. The summed E-state index contributed by atoms with van der Waals surface area (Å²) in [6.45, 7) is 5.51. The number of unbranched alkanes of at least 4 members (excludes halogenated alkanes) is 2. The molecule has 0 heterocycles. The Morgan fingerprint density at radius 2 is 1.72 bits per heavy atom. The average molecular weight is 248 g/mol. The van der Waals surface area contributed by atoms with E-state index in [-0.39, 0.29) is 5.78 Å². The molecular weight excluding hydrogens is 224 g/mol. The second kappa shape index (κ2) is 8.87. The van der Waals surface area contributed by atoms with Crippen molar-refractivity contribution >= 4 is 5.78 Å². The minimum Gasteiger partial charge on any atom is -0.381 e. The molecule has 0 fully saturated rings. The van der Waals surface area contributed by atoms with Crippen LogP contribution in [0.2, 0.25) is 0 Å². The van der Waals surface area contributed by atoms with E-state index in [4.69, 9.17) is 4.74 Å². The molecule has 18 heavy (non-hydrogen) atoms. The lowest BCUT2D eigenvalue weighted by Gasteiger charge is -2.04. The van der Waals surface area contributed by atoms with Crippen molar-refractivity contribution in [3.63, 3.8) is 0 Å². The summed E-state index contributed by atoms with van der Waals surface area (Å²) in [6, 6.07) is 7.88. The third-order valence-corrected chi connectivity index (χ3v) is 3.01. The highest BCUT2D eigenvalue weighted by atomic mass is 16.5. The summed E-state index contributed by atoms with van der Waals surface area (Å²) in [5.41, 5.74) is 2.06. The van der Waals surface area contributed by atoms with Crippen LogP contribution in [-0.4, -0.2) is 19.0 Å². The molecule has 0 aliphatic heterocycles.